The zero-order valence-corrected chi connectivity index (χ0v) is 68.7. The molecule has 21 N–H and O–H groups in total. The third-order valence-electron chi connectivity index (χ3n) is 19.3. The summed E-state index contributed by atoms with van der Waals surface area (Å²) in [6, 6.07) is -4.25. The first-order valence-corrected chi connectivity index (χ1v) is 41.5. The van der Waals surface area contributed by atoms with Gasteiger partial charge in [-0.05, 0) is 73.6 Å². The maximum atomic E-state index is 15.5. The van der Waals surface area contributed by atoms with Crippen molar-refractivity contribution < 1.29 is 96.8 Å². The SMILES string of the molecule is C#CCCCC(=O)NCCOCCN[C@@H](CC(=O)O)C(=O)N1[C@@H]2NC(=O)[C@@H]1CSSC[C@@H](C(=O)N[C@H](C(N)=O)[C@@H](C)O)NC(=O)[C@H](Cc1c[nH]c3ccccc13)NC(=O)[C@H](C(C)C)NC(=O)[C@H](CC(C)C)NC(=O)[C@H](CCC(=O)O)NC(=O)CNC(=O)[C@H](CC(C)C)NC(=O)[C@H](Cc1cnc[nH]1)NC(=O)[C@H](Cc1c[nH]c3ccccc13)NC2=O. The van der Waals surface area contributed by atoms with Gasteiger partial charge < -0.3 is 110 Å². The smallest absolute Gasteiger partial charge is 0.305 e. The number of unbranched alkanes of at least 4 members (excludes halogenated alkanes) is 1. The molecule has 646 valence electrons. The Morgan fingerprint density at radius 1 is 0.622 bits per heavy atom. The fourth-order valence-electron chi connectivity index (χ4n) is 13.2. The van der Waals surface area contributed by atoms with Gasteiger partial charge >= 0.3 is 11.9 Å². The molecule has 0 radical (unpaired) electrons. The summed E-state index contributed by atoms with van der Waals surface area (Å²) in [6.07, 6.45) is 5.04. The molecule has 0 spiro atoms. The Bertz CT molecular complexity index is 4450. The van der Waals surface area contributed by atoms with E-state index in [9.17, 15) is 72.9 Å². The average molecular weight is 1690 g/mol. The zero-order chi connectivity index (χ0) is 87.2. The van der Waals surface area contributed by atoms with Crippen LogP contribution < -0.4 is 74.9 Å². The summed E-state index contributed by atoms with van der Waals surface area (Å²) in [4.78, 5) is 242. The molecule has 3 aromatic heterocycles. The molecular weight excluding hydrogens is 1590 g/mol. The van der Waals surface area contributed by atoms with Crippen molar-refractivity contribution in [3.63, 3.8) is 0 Å². The minimum Gasteiger partial charge on any atom is -0.481 e. The number of ether oxygens (including phenoxy) is 1. The number of para-hydroxylation sites is 2. The number of carbonyl (C=O) groups excluding carboxylic acids is 14. The molecule has 39 nitrogen and oxygen atoms in total. The van der Waals surface area contributed by atoms with Crippen LogP contribution in [0, 0.1) is 30.1 Å². The van der Waals surface area contributed by atoms with Crippen LogP contribution in [0.4, 0.5) is 0 Å². The van der Waals surface area contributed by atoms with Gasteiger partial charge in [0.15, 0.2) is 6.17 Å². The van der Waals surface area contributed by atoms with Gasteiger partial charge in [0, 0.05) is 109 Å². The lowest BCUT2D eigenvalue weighted by Crippen LogP contribution is -2.62. The molecule has 2 saturated heterocycles. The van der Waals surface area contributed by atoms with E-state index in [4.69, 9.17) is 16.9 Å². The van der Waals surface area contributed by atoms with Gasteiger partial charge in [-0.1, -0.05) is 99.5 Å². The molecule has 14 amide bonds. The van der Waals surface area contributed by atoms with E-state index in [0.29, 0.717) is 45.8 Å². The van der Waals surface area contributed by atoms with Gasteiger partial charge in [-0.2, -0.15) is 0 Å². The van der Waals surface area contributed by atoms with Crippen molar-refractivity contribution >= 4 is 138 Å². The van der Waals surface area contributed by atoms with E-state index in [2.05, 4.69) is 95.0 Å². The molecule has 41 heteroatoms. The summed E-state index contributed by atoms with van der Waals surface area (Å²) in [5.74, 6) is -16.8. The fourth-order valence-corrected chi connectivity index (χ4v) is 15.6. The molecule has 0 saturated carbocycles. The number of nitrogens with two attached hydrogens (primary N) is 1. The summed E-state index contributed by atoms with van der Waals surface area (Å²) in [6.45, 7) is 9.96. The van der Waals surface area contributed by atoms with Crippen LogP contribution in [0.3, 0.4) is 0 Å². The number of carboxylic acids is 2. The number of fused-ring (bicyclic) bond motifs is 4. The molecule has 7 rings (SSSR count). The number of carbonyl (C=O) groups is 16. The molecule has 2 aliphatic heterocycles. The quantitative estimate of drug-likeness (QED) is 0.0127. The molecule has 119 heavy (non-hydrogen) atoms. The van der Waals surface area contributed by atoms with E-state index in [1.165, 1.54) is 12.5 Å². The number of benzene rings is 2. The van der Waals surface area contributed by atoms with E-state index in [-0.39, 0.29) is 88.3 Å². The third kappa shape index (κ3) is 29.2. The van der Waals surface area contributed by atoms with Crippen LogP contribution in [-0.4, -0.2) is 258 Å². The highest BCUT2D eigenvalue weighted by molar-refractivity contribution is 8.76. The molecule has 5 heterocycles. The maximum absolute atomic E-state index is 15.5. The number of carboxylic acid groups (broad SMARTS) is 2. The predicted octanol–water partition coefficient (Wildman–Crippen LogP) is -2.22. The van der Waals surface area contributed by atoms with Gasteiger partial charge in [0.1, 0.15) is 60.4 Å². The number of hydrogen-bond donors (Lipinski definition) is 20. The lowest BCUT2D eigenvalue weighted by molar-refractivity contribution is -0.146. The average Bonchev–Trinajstić information content (AvgIpc) is 1.64. The topological polar surface area (TPSA) is 589 Å². The summed E-state index contributed by atoms with van der Waals surface area (Å²) < 4.78 is 5.68. The van der Waals surface area contributed by atoms with Gasteiger partial charge in [-0.3, -0.25) is 81.6 Å². The highest BCUT2D eigenvalue weighted by Crippen LogP contribution is 2.30. The Kier molecular flexibility index (Phi) is 37.0. The number of hydrogen-bond acceptors (Lipinski definition) is 22. The van der Waals surface area contributed by atoms with Crippen LogP contribution in [0.25, 0.3) is 21.8 Å². The van der Waals surface area contributed by atoms with Crippen molar-refractivity contribution in [2.75, 3.05) is 44.4 Å². The Hall–Kier alpha value is -11.6. The van der Waals surface area contributed by atoms with Gasteiger partial charge in [0.05, 0.1) is 44.7 Å². The number of nitrogens with zero attached hydrogens (tertiary/aromatic N) is 2. The number of aliphatic hydroxyl groups excluding tert-OH is 1. The highest BCUT2D eigenvalue weighted by Gasteiger charge is 2.49. The zero-order valence-electron chi connectivity index (χ0n) is 67.0. The molecule has 0 aliphatic carbocycles. The molecule has 2 fully saturated rings. The molecule has 0 unspecified atom stereocenters. The van der Waals surface area contributed by atoms with Crippen LogP contribution >= 0.6 is 21.6 Å². The number of amides is 14. The Balaban J connectivity index is 1.33. The van der Waals surface area contributed by atoms with Crippen LogP contribution in [-0.2, 0) is 101 Å². The minimum absolute atomic E-state index is 0.0207. The number of rotatable bonds is 31. The normalized spacial score (nSPS) is 22.3. The monoisotopic (exact) mass is 1690 g/mol. The predicted molar refractivity (Wildman–Crippen MR) is 436 cm³/mol. The number of aromatic nitrogens is 4. The van der Waals surface area contributed by atoms with Gasteiger partial charge in [-0.15, -0.1) is 12.3 Å². The number of aromatic amines is 3. The number of imidazole rings is 1. The maximum Gasteiger partial charge on any atom is 0.305 e. The van der Waals surface area contributed by atoms with Crippen molar-refractivity contribution in [3.05, 3.63) is 90.3 Å². The third-order valence-corrected chi connectivity index (χ3v) is 21.7. The number of aliphatic carboxylic acids is 2. The van der Waals surface area contributed by atoms with E-state index < -0.39 is 211 Å². The van der Waals surface area contributed by atoms with E-state index in [0.717, 1.165) is 33.4 Å². The van der Waals surface area contributed by atoms with Gasteiger partial charge in [-0.25, -0.2) is 4.98 Å². The number of aliphatic hydroxyl groups is 1. The summed E-state index contributed by atoms with van der Waals surface area (Å²) >= 11 is 0. The lowest BCUT2D eigenvalue weighted by Gasteiger charge is -2.32. The molecule has 5 aromatic rings. The van der Waals surface area contributed by atoms with Crippen LogP contribution in [0.1, 0.15) is 117 Å². The second-order valence-corrected chi connectivity index (χ2v) is 32.6. The van der Waals surface area contributed by atoms with E-state index in [1.807, 2.05) is 0 Å². The van der Waals surface area contributed by atoms with Crippen molar-refractivity contribution in [1.29, 1.82) is 0 Å². The Morgan fingerprint density at radius 2 is 1.17 bits per heavy atom. The van der Waals surface area contributed by atoms with Crippen molar-refractivity contribution in [2.45, 2.75) is 198 Å². The van der Waals surface area contributed by atoms with E-state index in [1.54, 1.807) is 102 Å². The summed E-state index contributed by atoms with van der Waals surface area (Å²) in [5, 5.41) is 65.9. The van der Waals surface area contributed by atoms with Crippen LogP contribution in [0.2, 0.25) is 0 Å². The van der Waals surface area contributed by atoms with Crippen molar-refractivity contribution in [2.24, 2.45) is 23.5 Å². The van der Waals surface area contributed by atoms with Crippen LogP contribution in [0.5, 0.6) is 0 Å². The molecular formula is C78H107N19O20S2. The molecule has 2 aromatic carbocycles. The number of primary amides is 1. The fraction of sp³-hybridized carbons (Fsp3) is 0.526. The first-order chi connectivity index (χ1) is 56.6. The Morgan fingerprint density at radius 3 is 1.73 bits per heavy atom. The highest BCUT2D eigenvalue weighted by atomic mass is 33.1. The first-order valence-electron chi connectivity index (χ1n) is 39.0. The second-order valence-electron chi connectivity index (χ2n) is 30.0. The van der Waals surface area contributed by atoms with Gasteiger partial charge in [0.25, 0.3) is 5.91 Å². The second kappa shape index (κ2) is 46.5. The lowest BCUT2D eigenvalue weighted by atomic mass is 9.98. The molecule has 13 atom stereocenters. The number of terminal acetylenes is 1. The minimum atomic E-state index is -2.07. The number of H-pyrrole nitrogens is 3. The first kappa shape index (κ1) is 94.5. The standard InChI is InChI=1S/C78H107N19O20S2/c1-9-10-11-20-60(99)82-24-26-117-25-23-81-57(32-63(103)104)78(116)97-59-38-119-118-37-58(74(112)95-65(43(8)98)66(79)105)93-71(109)54(29-44-33-83-49-18-14-12-16-47(44)49)91-76(114)64(42(6)7)94-73(111)53(28-41(4)5)89-69(107)51(21-22-62(101)102)87-61(100)36-85-68(106)52(27-40(2)3)88-72(110)56(31-46-35-80-39-86-46)90-70(108)55(92-77(115)67(97)96-75(59)113)30-45-34-84-50-19-15-13-17-48(45)50/h1,12-19,33-35,39-43,51-59,64-65,67,81,83-84,98H,10-11,20-32,36-38H2,2-8H3,(H2,79,105)(H,80,86)(H,82,99)(H,85,106)(H,87,100)(H,88,110)(H,89,107)(H,90,108)(H,91,114)(H,92,115)(H,93,109)(H,94,111)(H,95,112)(H,96,113)(H,101,102)(H,103,104)/t43-,51+,52+,53+,54+,55+,56+,57+,58+,59+,64+,65+,67+/m1/s1. The van der Waals surface area contributed by atoms with Gasteiger partial charge in [0.2, 0.25) is 76.8 Å². The molecule has 2 aliphatic rings. The largest absolute Gasteiger partial charge is 0.481 e. The number of nitrogens with one attached hydrogen (secondary N) is 16. The summed E-state index contributed by atoms with van der Waals surface area (Å²) in [5.41, 5.74) is 8.03. The summed E-state index contributed by atoms with van der Waals surface area (Å²) in [7, 11) is 1.59. The van der Waals surface area contributed by atoms with Crippen molar-refractivity contribution in [1.82, 2.24) is 94.0 Å². The van der Waals surface area contributed by atoms with Crippen LogP contribution in [0.15, 0.2) is 73.4 Å². The molecule has 2 bridgehead atoms. The van der Waals surface area contributed by atoms with E-state index >= 15 is 19.2 Å². The Labute approximate surface area is 693 Å². The van der Waals surface area contributed by atoms with Crippen molar-refractivity contribution in [3.8, 4) is 12.3 Å².